The van der Waals surface area contributed by atoms with Gasteiger partial charge in [0.05, 0.1) is 40.7 Å². The molecule has 1 aromatic heterocycles. The minimum absolute atomic E-state index is 0.00433. The average Bonchev–Trinajstić information content (AvgIpc) is 3.59. The molecule has 0 atom stereocenters. The molecule has 0 aliphatic carbocycles. The molecule has 2 aliphatic heterocycles. The second-order valence-electron chi connectivity index (χ2n) is 11.3. The van der Waals surface area contributed by atoms with E-state index in [0.717, 1.165) is 0 Å². The minimum atomic E-state index is -4.65. The van der Waals surface area contributed by atoms with E-state index < -0.39 is 39.6 Å². The first kappa shape index (κ1) is 31.3. The number of methoxy groups -OCH3 is 1. The number of hydrazone groups is 2. The number of halogens is 5. The van der Waals surface area contributed by atoms with Gasteiger partial charge in [0.15, 0.2) is 16.6 Å². The predicted molar refractivity (Wildman–Crippen MR) is 153 cm³/mol. The molecule has 0 spiro atoms. The molecule has 2 aromatic carbocycles. The van der Waals surface area contributed by atoms with Gasteiger partial charge in [-0.25, -0.2) is 19.8 Å². The number of unbranched alkanes of at least 4 members (excludes halogenated alkanes) is 1. The Morgan fingerprint density at radius 2 is 1.61 bits per heavy atom. The molecule has 2 amide bonds. The van der Waals surface area contributed by atoms with E-state index in [0.29, 0.717) is 35.5 Å². The van der Waals surface area contributed by atoms with Crippen molar-refractivity contribution in [2.45, 2.75) is 46.7 Å². The number of hydrogen-bond donors (Lipinski definition) is 1. The maximum atomic E-state index is 14.9. The molecule has 0 fully saturated rings. The summed E-state index contributed by atoms with van der Waals surface area (Å²) in [6.07, 6.45) is -3.91. The van der Waals surface area contributed by atoms with E-state index in [1.165, 1.54) is 30.3 Å². The van der Waals surface area contributed by atoms with Crippen molar-refractivity contribution in [1.82, 2.24) is 15.4 Å². The first-order chi connectivity index (χ1) is 20.6. The van der Waals surface area contributed by atoms with Gasteiger partial charge in [-0.05, 0) is 64.8 Å². The third kappa shape index (κ3) is 5.26. The van der Waals surface area contributed by atoms with Crippen molar-refractivity contribution in [3.05, 3.63) is 52.0 Å². The number of thiazole rings is 1. The summed E-state index contributed by atoms with van der Waals surface area (Å²) in [4.78, 5) is 28.9. The van der Waals surface area contributed by atoms with E-state index in [2.05, 4.69) is 20.6 Å². The summed E-state index contributed by atoms with van der Waals surface area (Å²) in [7, 11) is 1.33. The van der Waals surface area contributed by atoms with Crippen molar-refractivity contribution < 1.29 is 41.0 Å². The lowest BCUT2D eigenvalue weighted by molar-refractivity contribution is -0.137. The largest absolute Gasteiger partial charge is 0.494 e. The number of nitrogens with one attached hydrogen (secondary N) is 1. The van der Waals surface area contributed by atoms with E-state index in [9.17, 15) is 31.5 Å². The summed E-state index contributed by atoms with van der Waals surface area (Å²) < 4.78 is 80.9. The smallest absolute Gasteiger partial charge is 0.443 e. The highest BCUT2D eigenvalue weighted by Crippen LogP contribution is 2.43. The van der Waals surface area contributed by atoms with Crippen LogP contribution >= 0.6 is 11.3 Å². The maximum absolute atomic E-state index is 14.9. The Labute approximate surface area is 252 Å². The van der Waals surface area contributed by atoms with Gasteiger partial charge in [-0.3, -0.25) is 9.59 Å². The molecule has 15 heteroatoms. The molecule has 5 rings (SSSR count). The second kappa shape index (κ2) is 11.1. The van der Waals surface area contributed by atoms with Crippen LogP contribution in [0.5, 0.6) is 11.5 Å². The van der Waals surface area contributed by atoms with Crippen molar-refractivity contribution in [3.63, 3.8) is 0 Å². The molecule has 3 aromatic rings. The molecule has 1 N–H and O–H groups in total. The van der Waals surface area contributed by atoms with E-state index in [1.807, 2.05) is 0 Å². The van der Waals surface area contributed by atoms with Gasteiger partial charge in [-0.2, -0.15) is 27.8 Å². The van der Waals surface area contributed by atoms with E-state index in [4.69, 9.17) is 9.47 Å². The lowest BCUT2D eigenvalue weighted by atomic mass is 9.83. The number of alkyl halides is 3. The number of nitrogens with zero attached hydrogens (tertiary/aromatic N) is 4. The predicted octanol–water partition coefficient (Wildman–Crippen LogP) is 5.89. The van der Waals surface area contributed by atoms with Crippen LogP contribution in [0.2, 0.25) is 0 Å². The molecule has 3 heterocycles. The first-order valence-corrected chi connectivity index (χ1v) is 14.4. The van der Waals surface area contributed by atoms with Crippen LogP contribution in [0.3, 0.4) is 0 Å². The number of aromatic nitrogens is 1. The zero-order valence-corrected chi connectivity index (χ0v) is 25.2. The number of carbonyl (C=O) groups excluding carboxylic acids is 2. The fraction of sp³-hybridized carbons (Fsp3) is 0.414. The fourth-order valence-corrected chi connectivity index (χ4v) is 5.94. The Kier molecular flexibility index (Phi) is 7.89. The van der Waals surface area contributed by atoms with Crippen molar-refractivity contribution in [2.24, 2.45) is 21.0 Å². The zero-order chi connectivity index (χ0) is 32.2. The van der Waals surface area contributed by atoms with Gasteiger partial charge in [0.1, 0.15) is 11.3 Å². The van der Waals surface area contributed by atoms with Gasteiger partial charge in [-0.1, -0.05) is 0 Å². The van der Waals surface area contributed by atoms with Gasteiger partial charge >= 0.3 is 6.18 Å². The van der Waals surface area contributed by atoms with E-state index >= 15 is 0 Å². The summed E-state index contributed by atoms with van der Waals surface area (Å²) in [6.45, 7) is 6.56. The highest BCUT2D eigenvalue weighted by atomic mass is 32.1. The van der Waals surface area contributed by atoms with Gasteiger partial charge in [0.2, 0.25) is 5.82 Å². The third-order valence-electron chi connectivity index (χ3n) is 7.56. The highest BCUT2D eigenvalue weighted by molar-refractivity contribution is 7.19. The Balaban J connectivity index is 1.26. The molecular weight excluding hydrogens is 609 g/mol. The average molecular weight is 638 g/mol. The molecule has 0 bridgehead atoms. The molecule has 234 valence electrons. The first-order valence-electron chi connectivity index (χ1n) is 13.5. The number of carbonyl (C=O) groups is 2. The quantitative estimate of drug-likeness (QED) is 0.233. The molecule has 9 nitrogen and oxygen atoms in total. The second-order valence-corrected chi connectivity index (χ2v) is 12.3. The monoisotopic (exact) mass is 637 g/mol. The van der Waals surface area contributed by atoms with Crippen molar-refractivity contribution in [1.29, 1.82) is 0 Å². The van der Waals surface area contributed by atoms with Crippen LogP contribution in [0.25, 0.3) is 10.2 Å². The highest BCUT2D eigenvalue weighted by Gasteiger charge is 2.45. The minimum Gasteiger partial charge on any atom is -0.494 e. The Bertz CT molecular complexity index is 1730. The number of rotatable bonds is 9. The molecule has 0 saturated carbocycles. The Morgan fingerprint density at radius 1 is 0.932 bits per heavy atom. The molecule has 2 aliphatic rings. The number of fused-ring (bicyclic) bond motifs is 1. The molecule has 44 heavy (non-hydrogen) atoms. The van der Waals surface area contributed by atoms with Gasteiger partial charge in [0.25, 0.3) is 11.8 Å². The van der Waals surface area contributed by atoms with E-state index in [1.54, 1.807) is 33.8 Å². The summed E-state index contributed by atoms with van der Waals surface area (Å²) in [5.74, 6) is -3.31. The summed E-state index contributed by atoms with van der Waals surface area (Å²) in [6, 6.07) is 5.62. The Hall–Kier alpha value is -4.14. The van der Waals surface area contributed by atoms with Crippen LogP contribution in [-0.4, -0.2) is 53.5 Å². The topological polar surface area (TPSA) is 105 Å². The number of hydrogen-bond acceptors (Lipinski definition) is 8. The zero-order valence-electron chi connectivity index (χ0n) is 24.4. The fourth-order valence-electron chi connectivity index (χ4n) is 4.98. The third-order valence-corrected chi connectivity index (χ3v) is 8.69. The van der Waals surface area contributed by atoms with Crippen molar-refractivity contribution in [3.8, 4) is 11.5 Å². The van der Waals surface area contributed by atoms with Gasteiger partial charge < -0.3 is 9.47 Å². The standard InChI is InChI=1S/C29H28F5N5O4S/c1-27(2)22(36-37-24(27)40)14-8-10-16(19(31)18(14)30)43-13-7-6-12-39-26(41)28(3,4)23(38-39)15-9-11-17(42-5)20-21(15)44-25(35-20)29(32,33)34/h8-11H,6-7,12-13H2,1-5H3,(H,37,40). The lowest BCUT2D eigenvalue weighted by Crippen LogP contribution is -2.35. The number of benzene rings is 2. The van der Waals surface area contributed by atoms with Crippen LogP contribution in [0.4, 0.5) is 22.0 Å². The summed E-state index contributed by atoms with van der Waals surface area (Å²) in [5.41, 5.74) is 0.617. The van der Waals surface area contributed by atoms with Crippen LogP contribution < -0.4 is 14.9 Å². The van der Waals surface area contributed by atoms with Crippen LogP contribution in [0, 0.1) is 22.5 Å². The number of ether oxygens (including phenoxy) is 2. The number of amides is 2. The van der Waals surface area contributed by atoms with Gasteiger partial charge in [0, 0.05) is 17.7 Å². The molecule has 0 unspecified atom stereocenters. The lowest BCUT2D eigenvalue weighted by Gasteiger charge is -2.20. The SMILES string of the molecule is COc1ccc(C2=NN(CCCCOc3ccc(C4=NNC(=O)C4(C)C)c(F)c3F)C(=O)C2(C)C)c2sc(C(F)(F)F)nc12. The maximum Gasteiger partial charge on any atom is 0.443 e. The molecule has 0 saturated heterocycles. The van der Waals surface area contributed by atoms with E-state index in [-0.39, 0.29) is 52.0 Å². The van der Waals surface area contributed by atoms with Crippen LogP contribution in [0.1, 0.15) is 56.7 Å². The molecular formula is C29H28F5N5O4S. The Morgan fingerprint density at radius 3 is 2.25 bits per heavy atom. The summed E-state index contributed by atoms with van der Waals surface area (Å²) in [5, 5.41) is 8.55. The van der Waals surface area contributed by atoms with Crippen LogP contribution in [0.15, 0.2) is 34.5 Å². The molecule has 0 radical (unpaired) electrons. The normalized spacial score (nSPS) is 17.6. The van der Waals surface area contributed by atoms with Gasteiger partial charge in [-0.15, -0.1) is 11.3 Å². The van der Waals surface area contributed by atoms with Crippen molar-refractivity contribution in [2.75, 3.05) is 20.3 Å². The summed E-state index contributed by atoms with van der Waals surface area (Å²) >= 11 is 0.458. The van der Waals surface area contributed by atoms with Crippen molar-refractivity contribution >= 4 is 44.8 Å². The van der Waals surface area contributed by atoms with Crippen LogP contribution in [-0.2, 0) is 15.8 Å².